The third-order valence-electron chi connectivity index (χ3n) is 4.30. The normalized spacial score (nSPS) is 17.9. The summed E-state index contributed by atoms with van der Waals surface area (Å²) in [6.45, 7) is 11.3. The van der Waals surface area contributed by atoms with Crippen molar-refractivity contribution in [3.63, 3.8) is 0 Å². The summed E-state index contributed by atoms with van der Waals surface area (Å²) in [7, 11) is 4.03. The first-order valence-electron chi connectivity index (χ1n) is 8.39. The molecule has 1 N–H and O–H groups in total. The predicted molar refractivity (Wildman–Crippen MR) is 97.0 cm³/mol. The zero-order valence-corrected chi connectivity index (χ0v) is 15.7. The summed E-state index contributed by atoms with van der Waals surface area (Å²) in [5.41, 5.74) is 0. The molecule has 1 aromatic rings. The molecule has 0 aromatic carbocycles. The Hall–Kier alpha value is -1.11. The fourth-order valence-corrected chi connectivity index (χ4v) is 3.75. The average molecular weight is 339 g/mol. The largest absolute Gasteiger partial charge is 0.338 e. The van der Waals surface area contributed by atoms with Gasteiger partial charge in [-0.1, -0.05) is 6.92 Å². The van der Waals surface area contributed by atoms with Crippen molar-refractivity contribution in [1.29, 1.82) is 0 Å². The van der Waals surface area contributed by atoms with E-state index in [0.717, 1.165) is 39.3 Å². The molecule has 1 saturated heterocycles. The van der Waals surface area contributed by atoms with Gasteiger partial charge in [0.25, 0.3) is 0 Å². The van der Waals surface area contributed by atoms with E-state index in [0.29, 0.717) is 12.5 Å². The molecule has 1 atom stereocenters. The lowest BCUT2D eigenvalue weighted by Crippen LogP contribution is -2.47. The number of urea groups is 1. The second kappa shape index (κ2) is 8.66. The number of hydrogen-bond donors (Lipinski definition) is 1. The quantitative estimate of drug-likeness (QED) is 0.863. The Morgan fingerprint density at radius 1 is 1.35 bits per heavy atom. The number of rotatable bonds is 6. The average Bonchev–Trinajstić information content (AvgIpc) is 2.92. The third kappa shape index (κ3) is 6.12. The molecule has 130 valence electrons. The lowest BCUT2D eigenvalue weighted by atomic mass is 10.1. The summed E-state index contributed by atoms with van der Waals surface area (Å²) in [5, 5.41) is 3.06. The monoisotopic (exact) mass is 338 g/mol. The molecule has 5 nitrogen and oxygen atoms in total. The van der Waals surface area contributed by atoms with Gasteiger partial charge in [-0.25, -0.2) is 4.79 Å². The van der Waals surface area contributed by atoms with Crippen LogP contribution >= 0.6 is 11.3 Å². The highest BCUT2D eigenvalue weighted by Gasteiger charge is 2.17. The molecule has 0 saturated carbocycles. The molecule has 1 unspecified atom stereocenters. The minimum Gasteiger partial charge on any atom is -0.338 e. The Labute approximate surface area is 144 Å². The summed E-state index contributed by atoms with van der Waals surface area (Å²) in [6, 6.07) is 4.21. The van der Waals surface area contributed by atoms with Crippen LogP contribution in [0.25, 0.3) is 0 Å². The van der Waals surface area contributed by atoms with Gasteiger partial charge in [0.15, 0.2) is 0 Å². The van der Waals surface area contributed by atoms with E-state index in [1.54, 1.807) is 16.2 Å². The van der Waals surface area contributed by atoms with Crippen LogP contribution in [-0.2, 0) is 6.54 Å². The number of carbonyl (C=O) groups excluding carboxylic acids is 1. The van der Waals surface area contributed by atoms with Crippen LogP contribution in [0, 0.1) is 12.8 Å². The minimum atomic E-state index is 0.0151. The van der Waals surface area contributed by atoms with Crippen LogP contribution in [0.5, 0.6) is 0 Å². The number of aryl methyl sites for hydroxylation is 1. The summed E-state index contributed by atoms with van der Waals surface area (Å²) < 4.78 is 0. The van der Waals surface area contributed by atoms with E-state index < -0.39 is 0 Å². The molecule has 1 aromatic heterocycles. The molecule has 23 heavy (non-hydrogen) atoms. The molecule has 0 bridgehead atoms. The molecule has 0 radical (unpaired) electrons. The van der Waals surface area contributed by atoms with Crippen molar-refractivity contribution in [3.05, 3.63) is 21.9 Å². The smallest absolute Gasteiger partial charge is 0.317 e. The van der Waals surface area contributed by atoms with Crippen molar-refractivity contribution < 1.29 is 4.79 Å². The molecule has 2 amide bonds. The number of hydrogen-bond acceptors (Lipinski definition) is 4. The molecular weight excluding hydrogens is 308 g/mol. The summed E-state index contributed by atoms with van der Waals surface area (Å²) in [5.74, 6) is 0.472. The molecule has 2 heterocycles. The van der Waals surface area contributed by atoms with Gasteiger partial charge in [0.05, 0.1) is 6.54 Å². The Bertz CT molecular complexity index is 497. The number of amides is 2. The Kier molecular flexibility index (Phi) is 6.87. The molecule has 1 fully saturated rings. The SMILES string of the molecule is Cc1ccc(CN(C)C(=O)NCC(C)CN2CCN(C)CC2)s1. The number of piperazine rings is 1. The zero-order chi connectivity index (χ0) is 16.8. The van der Waals surface area contributed by atoms with Crippen molar-refractivity contribution in [2.45, 2.75) is 20.4 Å². The maximum atomic E-state index is 12.2. The van der Waals surface area contributed by atoms with Gasteiger partial charge in [0.2, 0.25) is 0 Å². The first-order chi connectivity index (χ1) is 10.9. The van der Waals surface area contributed by atoms with Crippen LogP contribution in [0.3, 0.4) is 0 Å². The van der Waals surface area contributed by atoms with Gasteiger partial charge in [-0.3, -0.25) is 0 Å². The maximum Gasteiger partial charge on any atom is 0.317 e. The Morgan fingerprint density at radius 3 is 2.65 bits per heavy atom. The van der Waals surface area contributed by atoms with E-state index in [1.807, 2.05) is 7.05 Å². The van der Waals surface area contributed by atoms with E-state index in [2.05, 4.69) is 48.1 Å². The molecule has 0 aliphatic carbocycles. The lowest BCUT2D eigenvalue weighted by molar-refractivity contribution is 0.138. The number of nitrogens with zero attached hydrogens (tertiary/aromatic N) is 3. The molecular formula is C17H30N4OS. The summed E-state index contributed by atoms with van der Waals surface area (Å²) in [4.78, 5) is 21.3. The van der Waals surface area contributed by atoms with Crippen molar-refractivity contribution in [2.75, 3.05) is 53.4 Å². The second-order valence-corrected chi connectivity index (χ2v) is 8.14. The first-order valence-corrected chi connectivity index (χ1v) is 9.21. The van der Waals surface area contributed by atoms with Gasteiger partial charge in [0.1, 0.15) is 0 Å². The molecule has 1 aliphatic rings. The molecule has 6 heteroatoms. The van der Waals surface area contributed by atoms with Crippen LogP contribution in [0.15, 0.2) is 12.1 Å². The number of likely N-dealkylation sites (N-methyl/N-ethyl adjacent to an activating group) is 1. The van der Waals surface area contributed by atoms with Crippen LogP contribution in [-0.4, -0.2) is 74.1 Å². The van der Waals surface area contributed by atoms with Gasteiger partial charge in [-0.15, -0.1) is 11.3 Å². The Balaban J connectivity index is 1.66. The number of carbonyl (C=O) groups is 1. The zero-order valence-electron chi connectivity index (χ0n) is 14.8. The second-order valence-electron chi connectivity index (χ2n) is 6.76. The van der Waals surface area contributed by atoms with Gasteiger partial charge in [-0.2, -0.15) is 0 Å². The standard InChI is InChI=1S/C17H30N4OS/c1-14(12-21-9-7-19(3)8-10-21)11-18-17(22)20(4)13-16-6-5-15(2)23-16/h5-6,14H,7-13H2,1-4H3,(H,18,22). The van der Waals surface area contributed by atoms with E-state index in [1.165, 1.54) is 9.75 Å². The maximum absolute atomic E-state index is 12.2. The third-order valence-corrected chi connectivity index (χ3v) is 5.29. The van der Waals surface area contributed by atoms with Crippen molar-refractivity contribution in [2.24, 2.45) is 5.92 Å². The molecule has 0 spiro atoms. The fourth-order valence-electron chi connectivity index (χ4n) is 2.81. The summed E-state index contributed by atoms with van der Waals surface area (Å²) in [6.07, 6.45) is 0. The first kappa shape index (κ1) is 18.2. The van der Waals surface area contributed by atoms with Gasteiger partial charge in [-0.05, 0) is 32.0 Å². The van der Waals surface area contributed by atoms with E-state index in [4.69, 9.17) is 0 Å². The lowest BCUT2D eigenvalue weighted by Gasteiger charge is -2.34. The van der Waals surface area contributed by atoms with E-state index in [-0.39, 0.29) is 6.03 Å². The molecule has 1 aliphatic heterocycles. The topological polar surface area (TPSA) is 38.8 Å². The van der Waals surface area contributed by atoms with Crippen LogP contribution < -0.4 is 5.32 Å². The van der Waals surface area contributed by atoms with Crippen LogP contribution in [0.4, 0.5) is 4.79 Å². The summed E-state index contributed by atoms with van der Waals surface area (Å²) >= 11 is 1.75. The van der Waals surface area contributed by atoms with Gasteiger partial charge < -0.3 is 20.0 Å². The number of thiophene rings is 1. The highest BCUT2D eigenvalue weighted by atomic mass is 32.1. The fraction of sp³-hybridized carbons (Fsp3) is 0.706. The van der Waals surface area contributed by atoms with Crippen LogP contribution in [0.1, 0.15) is 16.7 Å². The molecule has 2 rings (SSSR count). The van der Waals surface area contributed by atoms with E-state index >= 15 is 0 Å². The number of nitrogens with one attached hydrogen (secondary N) is 1. The van der Waals surface area contributed by atoms with Crippen molar-refractivity contribution in [3.8, 4) is 0 Å². The van der Waals surface area contributed by atoms with Crippen molar-refractivity contribution >= 4 is 17.4 Å². The minimum absolute atomic E-state index is 0.0151. The van der Waals surface area contributed by atoms with Crippen LogP contribution in [0.2, 0.25) is 0 Å². The Morgan fingerprint density at radius 2 is 2.04 bits per heavy atom. The van der Waals surface area contributed by atoms with Crippen molar-refractivity contribution in [1.82, 2.24) is 20.0 Å². The van der Waals surface area contributed by atoms with Gasteiger partial charge >= 0.3 is 6.03 Å². The van der Waals surface area contributed by atoms with Gasteiger partial charge in [0, 0.05) is 56.1 Å². The van der Waals surface area contributed by atoms with E-state index in [9.17, 15) is 4.79 Å². The predicted octanol–water partition coefficient (Wildman–Crippen LogP) is 2.08. The highest BCUT2D eigenvalue weighted by molar-refractivity contribution is 7.11. The highest BCUT2D eigenvalue weighted by Crippen LogP contribution is 2.16.